The zero-order valence-corrected chi connectivity index (χ0v) is 26.5. The van der Waals surface area contributed by atoms with Gasteiger partial charge in [-0.3, -0.25) is 0 Å². The molecular weight excluding hydrogens is 569 g/mol. The first kappa shape index (κ1) is 28.6. The van der Waals surface area contributed by atoms with E-state index in [1.54, 1.807) is 0 Å². The molecule has 2 heteroatoms. The van der Waals surface area contributed by atoms with Gasteiger partial charge in [0.2, 0.25) is 0 Å². The van der Waals surface area contributed by atoms with E-state index in [1.165, 1.54) is 55.4 Å². The van der Waals surface area contributed by atoms with Crippen molar-refractivity contribution in [3.05, 3.63) is 188 Å². The molecule has 0 amide bonds. The second-order valence-electron chi connectivity index (χ2n) is 12.3. The Labute approximate surface area is 277 Å². The van der Waals surface area contributed by atoms with Crippen LogP contribution in [0.2, 0.25) is 0 Å². The van der Waals surface area contributed by atoms with Crippen molar-refractivity contribution < 1.29 is 0 Å². The van der Waals surface area contributed by atoms with Gasteiger partial charge >= 0.3 is 0 Å². The third-order valence-electron chi connectivity index (χ3n) is 9.27. The lowest BCUT2D eigenvalue weighted by atomic mass is 9.95. The van der Waals surface area contributed by atoms with Crippen LogP contribution >= 0.6 is 0 Å². The van der Waals surface area contributed by atoms with Crippen LogP contribution in [0.1, 0.15) is 13.3 Å². The third-order valence-corrected chi connectivity index (χ3v) is 9.27. The number of hydrogen-bond acceptors (Lipinski definition) is 2. The molecule has 0 bridgehead atoms. The van der Waals surface area contributed by atoms with Gasteiger partial charge in [-0.1, -0.05) is 134 Å². The van der Waals surface area contributed by atoms with E-state index in [9.17, 15) is 0 Å². The predicted molar refractivity (Wildman–Crippen MR) is 201 cm³/mol. The minimum atomic E-state index is 0.417. The molecule has 226 valence electrons. The minimum Gasteiger partial charge on any atom is -0.313 e. The lowest BCUT2D eigenvalue weighted by Crippen LogP contribution is -2.22. The van der Waals surface area contributed by atoms with Gasteiger partial charge in [-0.15, -0.1) is 0 Å². The van der Waals surface area contributed by atoms with Crippen LogP contribution in [0.5, 0.6) is 0 Å². The largest absolute Gasteiger partial charge is 0.313 e. The predicted octanol–water partition coefficient (Wildman–Crippen LogP) is 12.7. The quantitative estimate of drug-likeness (QED) is 0.179. The van der Waals surface area contributed by atoms with Crippen molar-refractivity contribution in [2.45, 2.75) is 13.3 Å². The number of allylic oxidation sites excluding steroid dienone is 4. The van der Waals surface area contributed by atoms with E-state index in [4.69, 9.17) is 0 Å². The lowest BCUT2D eigenvalue weighted by molar-refractivity contribution is 0.670. The van der Waals surface area contributed by atoms with Crippen LogP contribution in [0.3, 0.4) is 0 Å². The molecule has 0 saturated carbocycles. The minimum absolute atomic E-state index is 0.417. The number of nitrogens with zero attached hydrogens (tertiary/aromatic N) is 2. The average Bonchev–Trinajstić information content (AvgIpc) is 3.14. The molecule has 7 aromatic carbocycles. The number of benzene rings is 7. The molecule has 0 N–H and O–H groups in total. The first-order chi connectivity index (χ1) is 23.2. The summed E-state index contributed by atoms with van der Waals surface area (Å²) in [6.45, 7) is 2.32. The Hall–Kier alpha value is -5.86. The molecule has 8 rings (SSSR count). The zero-order chi connectivity index (χ0) is 31.6. The molecule has 0 heterocycles. The zero-order valence-electron chi connectivity index (χ0n) is 26.5. The fourth-order valence-corrected chi connectivity index (χ4v) is 6.87. The van der Waals surface area contributed by atoms with Crippen molar-refractivity contribution in [2.24, 2.45) is 5.92 Å². The molecule has 1 aliphatic carbocycles. The van der Waals surface area contributed by atoms with E-state index in [1.807, 2.05) is 0 Å². The van der Waals surface area contributed by atoms with Crippen molar-refractivity contribution in [1.29, 1.82) is 0 Å². The Balaban J connectivity index is 1.16. The average molecular weight is 605 g/mol. The van der Waals surface area contributed by atoms with Crippen molar-refractivity contribution in [2.75, 3.05) is 9.80 Å². The number of rotatable bonds is 7. The van der Waals surface area contributed by atoms with Gasteiger partial charge in [0.1, 0.15) is 0 Å². The molecule has 0 aromatic heterocycles. The van der Waals surface area contributed by atoms with Crippen molar-refractivity contribution in [1.82, 2.24) is 0 Å². The fourth-order valence-electron chi connectivity index (χ4n) is 6.87. The summed E-state index contributed by atoms with van der Waals surface area (Å²) in [6, 6.07) is 59.0. The van der Waals surface area contributed by atoms with Gasteiger partial charge in [0.25, 0.3) is 0 Å². The van der Waals surface area contributed by atoms with Crippen LogP contribution in [0.25, 0.3) is 32.7 Å². The van der Waals surface area contributed by atoms with Gasteiger partial charge in [0.15, 0.2) is 0 Å². The summed E-state index contributed by atoms with van der Waals surface area (Å²) in [7, 11) is 0. The maximum absolute atomic E-state index is 2.45. The maximum Gasteiger partial charge on any atom is 0.0540 e. The smallest absolute Gasteiger partial charge is 0.0540 e. The molecule has 7 aromatic rings. The molecule has 1 unspecified atom stereocenters. The van der Waals surface area contributed by atoms with E-state index in [2.05, 4.69) is 199 Å². The molecule has 1 aliphatic rings. The number of para-hydroxylation sites is 1. The van der Waals surface area contributed by atoms with Gasteiger partial charge in [0, 0.05) is 39.4 Å². The number of hydrogen-bond donors (Lipinski definition) is 0. The van der Waals surface area contributed by atoms with Crippen LogP contribution in [-0.4, -0.2) is 0 Å². The molecule has 1 atom stereocenters. The summed E-state index contributed by atoms with van der Waals surface area (Å²) >= 11 is 0. The van der Waals surface area contributed by atoms with Gasteiger partial charge in [-0.2, -0.15) is 0 Å². The highest BCUT2D eigenvalue weighted by Gasteiger charge is 2.22. The van der Waals surface area contributed by atoms with Crippen LogP contribution in [0.4, 0.5) is 28.4 Å². The normalized spacial score (nSPS) is 14.2. The molecule has 0 radical (unpaired) electrons. The van der Waals surface area contributed by atoms with E-state index in [-0.39, 0.29) is 0 Å². The molecule has 2 nitrogen and oxygen atoms in total. The van der Waals surface area contributed by atoms with Crippen LogP contribution < -0.4 is 9.80 Å². The number of fused-ring (bicyclic) bond motifs is 2. The Morgan fingerprint density at radius 1 is 0.447 bits per heavy atom. The van der Waals surface area contributed by atoms with Crippen LogP contribution in [0.15, 0.2) is 188 Å². The molecule has 47 heavy (non-hydrogen) atoms. The molecule has 0 fully saturated rings. The van der Waals surface area contributed by atoms with Crippen molar-refractivity contribution in [3.8, 4) is 11.1 Å². The fraction of sp³-hybridized carbons (Fsp3) is 0.0667. The van der Waals surface area contributed by atoms with Crippen LogP contribution in [-0.2, 0) is 0 Å². The Bertz CT molecular complexity index is 2220. The Kier molecular flexibility index (Phi) is 7.61. The summed E-state index contributed by atoms with van der Waals surface area (Å²) in [6.07, 6.45) is 7.77. The third kappa shape index (κ3) is 5.49. The molecule has 0 spiro atoms. The van der Waals surface area contributed by atoms with E-state index in [0.717, 1.165) is 17.8 Å². The summed E-state index contributed by atoms with van der Waals surface area (Å²) < 4.78 is 0. The highest BCUT2D eigenvalue weighted by atomic mass is 15.2. The Morgan fingerprint density at radius 2 is 0.915 bits per heavy atom. The number of anilines is 5. The van der Waals surface area contributed by atoms with Crippen molar-refractivity contribution >= 4 is 50.0 Å². The Morgan fingerprint density at radius 3 is 1.49 bits per heavy atom. The topological polar surface area (TPSA) is 6.48 Å². The highest BCUT2D eigenvalue weighted by Crippen LogP contribution is 2.41. The molecule has 0 aliphatic heterocycles. The van der Waals surface area contributed by atoms with Gasteiger partial charge in [-0.05, 0) is 82.9 Å². The van der Waals surface area contributed by atoms with Crippen LogP contribution in [0, 0.1) is 5.92 Å². The van der Waals surface area contributed by atoms with E-state index < -0.39 is 0 Å². The summed E-state index contributed by atoms with van der Waals surface area (Å²) in [5, 5.41) is 4.97. The monoisotopic (exact) mass is 604 g/mol. The van der Waals surface area contributed by atoms with Crippen molar-refractivity contribution in [3.63, 3.8) is 0 Å². The standard InChI is InChI=1S/C45H36N2/c1-33-13-5-10-22-43(33)47(45-24-12-17-37-15-7-9-21-42(37)45)40-31-27-35(28-32-40)34-25-29-39(30-26-34)46(38-18-3-2-4-19-38)44-23-11-16-36-14-6-8-20-41(36)44/h2-12,14-33H,13H2,1H3. The van der Waals surface area contributed by atoms with Gasteiger partial charge in [0.05, 0.1) is 11.4 Å². The van der Waals surface area contributed by atoms with E-state index in [0.29, 0.717) is 5.92 Å². The summed E-state index contributed by atoms with van der Waals surface area (Å²) in [5.41, 5.74) is 9.51. The summed E-state index contributed by atoms with van der Waals surface area (Å²) in [4.78, 5) is 4.80. The SMILES string of the molecule is CC1CC=CC=C1N(c1ccc(-c2ccc(N(c3ccccc3)c3cccc4ccccc34)cc2)cc1)c1cccc2ccccc12. The van der Waals surface area contributed by atoms with Gasteiger partial charge < -0.3 is 9.80 Å². The first-order valence-electron chi connectivity index (χ1n) is 16.4. The second kappa shape index (κ2) is 12.5. The van der Waals surface area contributed by atoms with Gasteiger partial charge in [-0.25, -0.2) is 0 Å². The summed E-state index contributed by atoms with van der Waals surface area (Å²) in [5.74, 6) is 0.417. The molecular formula is C45H36N2. The maximum atomic E-state index is 2.45. The highest BCUT2D eigenvalue weighted by molar-refractivity contribution is 5.99. The molecule has 0 saturated heterocycles. The first-order valence-corrected chi connectivity index (χ1v) is 16.4. The van der Waals surface area contributed by atoms with E-state index >= 15 is 0 Å². The lowest BCUT2D eigenvalue weighted by Gasteiger charge is -2.33. The second-order valence-corrected chi connectivity index (χ2v) is 12.3.